The number of nitrogens with one attached hydrogen (secondary N) is 1. The van der Waals surface area contributed by atoms with Crippen molar-refractivity contribution in [3.63, 3.8) is 0 Å². The van der Waals surface area contributed by atoms with Gasteiger partial charge in [0.1, 0.15) is 11.1 Å². The summed E-state index contributed by atoms with van der Waals surface area (Å²) in [6.45, 7) is 1.39. The number of hydrogen-bond donors (Lipinski definition) is 2. The van der Waals surface area contributed by atoms with Crippen molar-refractivity contribution in [2.24, 2.45) is 5.73 Å². The number of benzene rings is 2. The van der Waals surface area contributed by atoms with Crippen molar-refractivity contribution in [1.29, 1.82) is 0 Å². The summed E-state index contributed by atoms with van der Waals surface area (Å²) in [7, 11) is 0. The lowest BCUT2D eigenvalue weighted by Gasteiger charge is -2.46. The molecule has 1 unspecified atom stereocenters. The SMILES string of the molecule is CC1(C(=O)Nc2ccc(-n3cc4cccc(C(N)=O)c4n3)cc2)CCN1OC(=O)C(F)(F)F. The van der Waals surface area contributed by atoms with Crippen molar-refractivity contribution in [1.82, 2.24) is 14.8 Å². The molecule has 1 atom stereocenters. The van der Waals surface area contributed by atoms with Gasteiger partial charge in [-0.25, -0.2) is 9.48 Å². The Labute approximate surface area is 184 Å². The van der Waals surface area contributed by atoms with Crippen LogP contribution >= 0.6 is 0 Å². The minimum atomic E-state index is -5.15. The molecule has 1 saturated heterocycles. The van der Waals surface area contributed by atoms with Crippen molar-refractivity contribution in [2.45, 2.75) is 25.1 Å². The zero-order chi connectivity index (χ0) is 24.0. The molecule has 4 rings (SSSR count). The fourth-order valence-corrected chi connectivity index (χ4v) is 3.40. The molecule has 0 radical (unpaired) electrons. The Morgan fingerprint density at radius 2 is 1.85 bits per heavy atom. The second kappa shape index (κ2) is 7.89. The summed E-state index contributed by atoms with van der Waals surface area (Å²) in [6, 6.07) is 11.6. The second-order valence-electron chi connectivity index (χ2n) is 7.68. The Balaban J connectivity index is 1.47. The summed E-state index contributed by atoms with van der Waals surface area (Å²) in [5, 5.41) is 8.44. The summed E-state index contributed by atoms with van der Waals surface area (Å²) in [5.74, 6) is -3.59. The van der Waals surface area contributed by atoms with Gasteiger partial charge < -0.3 is 15.9 Å². The minimum absolute atomic E-state index is 0.00479. The lowest BCUT2D eigenvalue weighted by molar-refractivity contribution is -0.278. The third-order valence-corrected chi connectivity index (χ3v) is 5.46. The molecule has 0 bridgehead atoms. The standard InChI is InChI=1S/C21H18F3N5O4/c1-20(9-10-29(20)33-19(32)21(22,23)24)18(31)26-13-5-7-14(8-6-13)28-11-12-3-2-4-15(17(25)30)16(12)27-28/h2-8,11H,9-10H2,1H3,(H2,25,30)(H,26,31). The van der Waals surface area contributed by atoms with E-state index in [0.717, 1.165) is 10.4 Å². The highest BCUT2D eigenvalue weighted by molar-refractivity contribution is 6.04. The van der Waals surface area contributed by atoms with Crippen LogP contribution in [-0.2, 0) is 14.4 Å². The van der Waals surface area contributed by atoms with Crippen molar-refractivity contribution in [3.8, 4) is 5.69 Å². The first-order chi connectivity index (χ1) is 15.5. The Morgan fingerprint density at radius 3 is 2.42 bits per heavy atom. The van der Waals surface area contributed by atoms with E-state index in [0.29, 0.717) is 22.5 Å². The number of halogens is 3. The molecule has 1 aliphatic rings. The maximum atomic E-state index is 12.6. The normalized spacial score (nSPS) is 18.5. The highest BCUT2D eigenvalue weighted by atomic mass is 19.4. The molecule has 3 N–H and O–H groups in total. The molecule has 2 heterocycles. The number of rotatable bonds is 5. The molecule has 1 aromatic heterocycles. The summed E-state index contributed by atoms with van der Waals surface area (Å²) in [5.41, 5.74) is 5.72. The topological polar surface area (TPSA) is 120 Å². The van der Waals surface area contributed by atoms with Gasteiger partial charge in [-0.05, 0) is 43.7 Å². The van der Waals surface area contributed by atoms with E-state index in [1.807, 2.05) is 0 Å². The van der Waals surface area contributed by atoms with Gasteiger partial charge in [0.05, 0.1) is 11.3 Å². The maximum absolute atomic E-state index is 12.6. The number of anilines is 1. The molecule has 2 amide bonds. The molecular formula is C21H18F3N5O4. The molecule has 2 aromatic carbocycles. The van der Waals surface area contributed by atoms with E-state index in [2.05, 4.69) is 15.3 Å². The van der Waals surface area contributed by atoms with E-state index in [4.69, 9.17) is 5.73 Å². The number of hydroxylamine groups is 2. The Morgan fingerprint density at radius 1 is 1.15 bits per heavy atom. The van der Waals surface area contributed by atoms with Crippen LogP contribution in [0, 0.1) is 0 Å². The van der Waals surface area contributed by atoms with Crippen LogP contribution in [0.25, 0.3) is 16.6 Å². The number of fused-ring (bicyclic) bond motifs is 1. The Kier molecular flexibility index (Phi) is 5.32. The van der Waals surface area contributed by atoms with Crippen LogP contribution in [0.3, 0.4) is 0 Å². The summed E-state index contributed by atoms with van der Waals surface area (Å²) in [4.78, 5) is 39.6. The number of aromatic nitrogens is 2. The smallest absolute Gasteiger partial charge is 0.366 e. The molecule has 1 aliphatic heterocycles. The van der Waals surface area contributed by atoms with Gasteiger partial charge in [0.2, 0.25) is 5.91 Å². The molecule has 0 spiro atoms. The van der Waals surface area contributed by atoms with Gasteiger partial charge in [0.25, 0.3) is 5.91 Å². The van der Waals surface area contributed by atoms with Gasteiger partial charge in [0, 0.05) is 23.8 Å². The van der Waals surface area contributed by atoms with Gasteiger partial charge in [-0.3, -0.25) is 9.59 Å². The molecule has 1 fully saturated rings. The second-order valence-corrected chi connectivity index (χ2v) is 7.68. The number of alkyl halides is 3. The van der Waals surface area contributed by atoms with Gasteiger partial charge in [-0.15, -0.1) is 5.06 Å². The van der Waals surface area contributed by atoms with Crippen LogP contribution in [-0.4, -0.2) is 50.9 Å². The number of primary amides is 1. The average molecular weight is 461 g/mol. The predicted molar refractivity (Wildman–Crippen MR) is 110 cm³/mol. The third kappa shape index (κ3) is 4.12. The monoisotopic (exact) mass is 461 g/mol. The Bertz CT molecular complexity index is 1260. The lowest BCUT2D eigenvalue weighted by Crippen LogP contribution is -2.65. The summed E-state index contributed by atoms with van der Waals surface area (Å²) >= 11 is 0. The van der Waals surface area contributed by atoms with Crippen molar-refractivity contribution < 1.29 is 32.4 Å². The highest BCUT2D eigenvalue weighted by Gasteiger charge is 2.53. The van der Waals surface area contributed by atoms with E-state index in [9.17, 15) is 27.6 Å². The van der Waals surface area contributed by atoms with Crippen molar-refractivity contribution >= 4 is 34.4 Å². The predicted octanol–water partition coefficient (Wildman–Crippen LogP) is 2.55. The first-order valence-corrected chi connectivity index (χ1v) is 9.76. The quantitative estimate of drug-likeness (QED) is 0.603. The number of nitrogens with zero attached hydrogens (tertiary/aromatic N) is 3. The first-order valence-electron chi connectivity index (χ1n) is 9.76. The molecule has 9 nitrogen and oxygen atoms in total. The number of carbonyl (C=O) groups is 3. The summed E-state index contributed by atoms with van der Waals surface area (Å²) < 4.78 is 38.9. The largest absolute Gasteiger partial charge is 0.492 e. The van der Waals surface area contributed by atoms with E-state index in [1.165, 1.54) is 6.92 Å². The van der Waals surface area contributed by atoms with Crippen LogP contribution < -0.4 is 11.1 Å². The van der Waals surface area contributed by atoms with Crippen molar-refractivity contribution in [2.75, 3.05) is 11.9 Å². The van der Waals surface area contributed by atoms with Gasteiger partial charge >= 0.3 is 12.1 Å². The van der Waals surface area contributed by atoms with Gasteiger partial charge in [-0.2, -0.15) is 18.3 Å². The number of nitrogens with two attached hydrogens (primary N) is 1. The highest BCUT2D eigenvalue weighted by Crippen LogP contribution is 2.33. The van der Waals surface area contributed by atoms with Gasteiger partial charge in [-0.1, -0.05) is 12.1 Å². The molecule has 3 aromatic rings. The fraction of sp³-hybridized carbons (Fsp3) is 0.238. The van der Waals surface area contributed by atoms with Crippen molar-refractivity contribution in [3.05, 3.63) is 54.2 Å². The molecule has 0 aliphatic carbocycles. The number of carbonyl (C=O) groups excluding carboxylic acids is 3. The van der Waals surface area contributed by atoms with E-state index in [1.54, 1.807) is 53.3 Å². The third-order valence-electron chi connectivity index (χ3n) is 5.46. The van der Waals surface area contributed by atoms with E-state index < -0.39 is 29.5 Å². The summed E-state index contributed by atoms with van der Waals surface area (Å²) in [6.07, 6.45) is -3.22. The molecular weight excluding hydrogens is 443 g/mol. The van der Waals surface area contributed by atoms with Crippen LogP contribution in [0.4, 0.5) is 18.9 Å². The van der Waals surface area contributed by atoms with Crippen LogP contribution in [0.1, 0.15) is 23.7 Å². The van der Waals surface area contributed by atoms with Crippen LogP contribution in [0.15, 0.2) is 48.7 Å². The van der Waals surface area contributed by atoms with E-state index in [-0.39, 0.29) is 13.0 Å². The fourth-order valence-electron chi connectivity index (χ4n) is 3.40. The zero-order valence-electron chi connectivity index (χ0n) is 17.2. The van der Waals surface area contributed by atoms with E-state index >= 15 is 0 Å². The Hall–Kier alpha value is -3.93. The molecule has 0 saturated carbocycles. The van der Waals surface area contributed by atoms with Crippen LogP contribution in [0.5, 0.6) is 0 Å². The average Bonchev–Trinajstić information content (AvgIpc) is 3.19. The van der Waals surface area contributed by atoms with Crippen LogP contribution in [0.2, 0.25) is 0 Å². The minimum Gasteiger partial charge on any atom is -0.366 e. The molecule has 12 heteroatoms. The zero-order valence-corrected chi connectivity index (χ0v) is 17.2. The first kappa shape index (κ1) is 22.3. The van der Waals surface area contributed by atoms with Gasteiger partial charge in [0.15, 0.2) is 0 Å². The maximum Gasteiger partial charge on any atom is 0.492 e. The number of hydrogen-bond acceptors (Lipinski definition) is 6. The lowest BCUT2D eigenvalue weighted by atomic mass is 9.88. The number of amides is 2. The molecule has 172 valence electrons. The molecule has 33 heavy (non-hydrogen) atoms.